The van der Waals surface area contributed by atoms with Crippen LogP contribution in [-0.2, 0) is 11.3 Å². The van der Waals surface area contributed by atoms with Crippen LogP contribution < -0.4 is 0 Å². The number of hydrogen-bond donors (Lipinski definition) is 1. The van der Waals surface area contributed by atoms with Crippen LogP contribution in [0.2, 0.25) is 0 Å². The molecule has 0 aliphatic carbocycles. The first kappa shape index (κ1) is 11.6. The predicted molar refractivity (Wildman–Crippen MR) is 62.3 cm³/mol. The molecule has 0 saturated heterocycles. The molecule has 90 valence electrons. The fourth-order valence-electron chi connectivity index (χ4n) is 2.03. The lowest BCUT2D eigenvalue weighted by Gasteiger charge is -2.04. The van der Waals surface area contributed by atoms with Gasteiger partial charge in [-0.1, -0.05) is 0 Å². The quantitative estimate of drug-likeness (QED) is 0.879. The summed E-state index contributed by atoms with van der Waals surface area (Å²) >= 11 is 0. The minimum atomic E-state index is -0.989. The molecule has 0 aromatic carbocycles. The molecule has 0 unspecified atom stereocenters. The fraction of sp³-hybridized carbons (Fsp3) is 0.333. The molecule has 0 amide bonds. The van der Waals surface area contributed by atoms with Crippen molar-refractivity contribution in [2.45, 2.75) is 20.5 Å². The van der Waals surface area contributed by atoms with Crippen LogP contribution in [0.25, 0.3) is 5.65 Å². The molecule has 2 heterocycles. The van der Waals surface area contributed by atoms with E-state index in [4.69, 9.17) is 4.74 Å². The number of pyridine rings is 1. The molecule has 0 aliphatic rings. The Hall–Kier alpha value is -1.88. The van der Waals surface area contributed by atoms with Gasteiger partial charge in [-0.05, 0) is 31.5 Å². The summed E-state index contributed by atoms with van der Waals surface area (Å²) in [4.78, 5) is 15.6. The largest absolute Gasteiger partial charge is 0.477 e. The number of hydrogen-bond acceptors (Lipinski definition) is 3. The Balaban J connectivity index is 2.80. The summed E-state index contributed by atoms with van der Waals surface area (Å²) in [5, 5.41) is 9.26. The predicted octanol–water partition coefficient (Wildman–Crippen LogP) is 1.80. The van der Waals surface area contributed by atoms with E-state index in [1.807, 2.05) is 26.0 Å². The van der Waals surface area contributed by atoms with Gasteiger partial charge in [0.15, 0.2) is 5.69 Å². The average Bonchev–Trinajstić information content (AvgIpc) is 2.56. The molecule has 0 atom stereocenters. The van der Waals surface area contributed by atoms with Crippen LogP contribution in [0.5, 0.6) is 0 Å². The maximum atomic E-state index is 11.3. The van der Waals surface area contributed by atoms with Crippen molar-refractivity contribution in [2.75, 3.05) is 7.11 Å². The zero-order chi connectivity index (χ0) is 12.6. The highest BCUT2D eigenvalue weighted by atomic mass is 16.5. The molecule has 5 heteroatoms. The van der Waals surface area contributed by atoms with Gasteiger partial charge in [0.2, 0.25) is 0 Å². The van der Waals surface area contributed by atoms with Crippen molar-refractivity contribution in [1.82, 2.24) is 9.38 Å². The standard InChI is InChI=1S/C12H14N2O3/c1-7-4-8(2)14-10(5-7)13-9(6-17-3)11(14)12(15)16/h4-5H,6H2,1-3H3,(H,15,16). The number of carbonyl (C=O) groups is 1. The second kappa shape index (κ2) is 4.18. The highest BCUT2D eigenvalue weighted by Gasteiger charge is 2.19. The Morgan fingerprint density at radius 3 is 2.76 bits per heavy atom. The average molecular weight is 234 g/mol. The highest BCUT2D eigenvalue weighted by molar-refractivity contribution is 5.88. The number of nitrogens with zero attached hydrogens (tertiary/aromatic N) is 2. The van der Waals surface area contributed by atoms with Gasteiger partial charge >= 0.3 is 5.97 Å². The van der Waals surface area contributed by atoms with Crippen molar-refractivity contribution >= 4 is 11.6 Å². The summed E-state index contributed by atoms with van der Waals surface area (Å²) in [6.45, 7) is 4.02. The van der Waals surface area contributed by atoms with Crippen LogP contribution in [0, 0.1) is 13.8 Å². The Kier molecular flexibility index (Phi) is 2.85. The maximum absolute atomic E-state index is 11.3. The number of imidazole rings is 1. The first-order valence-corrected chi connectivity index (χ1v) is 5.25. The summed E-state index contributed by atoms with van der Waals surface area (Å²) in [5.41, 5.74) is 3.19. The highest BCUT2D eigenvalue weighted by Crippen LogP contribution is 2.18. The third-order valence-electron chi connectivity index (χ3n) is 2.61. The zero-order valence-electron chi connectivity index (χ0n) is 10.0. The van der Waals surface area contributed by atoms with Crippen molar-refractivity contribution in [2.24, 2.45) is 0 Å². The number of carboxylic acid groups (broad SMARTS) is 1. The second-order valence-electron chi connectivity index (χ2n) is 4.01. The Bertz CT molecular complexity index is 587. The topological polar surface area (TPSA) is 63.8 Å². The molecule has 2 rings (SSSR count). The van der Waals surface area contributed by atoms with Crippen molar-refractivity contribution < 1.29 is 14.6 Å². The molecular weight excluding hydrogens is 220 g/mol. The molecule has 2 aromatic rings. The van der Waals surface area contributed by atoms with Gasteiger partial charge < -0.3 is 9.84 Å². The van der Waals surface area contributed by atoms with Crippen LogP contribution in [0.15, 0.2) is 12.1 Å². The lowest BCUT2D eigenvalue weighted by atomic mass is 10.2. The molecule has 1 N–H and O–H groups in total. The first-order chi connectivity index (χ1) is 8.04. The number of aryl methyl sites for hydroxylation is 2. The fourth-order valence-corrected chi connectivity index (χ4v) is 2.03. The van der Waals surface area contributed by atoms with Gasteiger partial charge in [0.05, 0.1) is 6.61 Å². The third kappa shape index (κ3) is 1.89. The van der Waals surface area contributed by atoms with Crippen molar-refractivity contribution in [1.29, 1.82) is 0 Å². The van der Waals surface area contributed by atoms with Crippen LogP contribution >= 0.6 is 0 Å². The number of methoxy groups -OCH3 is 1. The number of ether oxygens (including phenoxy) is 1. The SMILES string of the molecule is COCc1nc2cc(C)cc(C)n2c1C(=O)O. The van der Waals surface area contributed by atoms with E-state index < -0.39 is 5.97 Å². The first-order valence-electron chi connectivity index (χ1n) is 5.25. The minimum absolute atomic E-state index is 0.180. The van der Waals surface area contributed by atoms with E-state index in [-0.39, 0.29) is 12.3 Å². The smallest absolute Gasteiger partial charge is 0.354 e. The summed E-state index contributed by atoms with van der Waals surface area (Å²) < 4.78 is 6.62. The third-order valence-corrected chi connectivity index (χ3v) is 2.61. The molecule has 0 aliphatic heterocycles. The minimum Gasteiger partial charge on any atom is -0.477 e. The van der Waals surface area contributed by atoms with Gasteiger partial charge in [-0.3, -0.25) is 4.40 Å². The van der Waals surface area contributed by atoms with E-state index in [0.717, 1.165) is 11.3 Å². The number of fused-ring (bicyclic) bond motifs is 1. The van der Waals surface area contributed by atoms with Gasteiger partial charge in [-0.25, -0.2) is 9.78 Å². The summed E-state index contributed by atoms with van der Waals surface area (Å²) in [5.74, 6) is -0.989. The van der Waals surface area contributed by atoms with Crippen LogP contribution in [0.3, 0.4) is 0 Å². The van der Waals surface area contributed by atoms with E-state index >= 15 is 0 Å². The van der Waals surface area contributed by atoms with Gasteiger partial charge in [0.1, 0.15) is 11.3 Å². The molecule has 0 bridgehead atoms. The van der Waals surface area contributed by atoms with E-state index in [1.54, 1.807) is 4.40 Å². The monoisotopic (exact) mass is 234 g/mol. The normalized spacial score (nSPS) is 11.0. The van der Waals surface area contributed by atoms with Crippen LogP contribution in [0.1, 0.15) is 27.4 Å². The van der Waals surface area contributed by atoms with Gasteiger partial charge in [-0.15, -0.1) is 0 Å². The van der Waals surface area contributed by atoms with E-state index in [9.17, 15) is 9.90 Å². The summed E-state index contributed by atoms with van der Waals surface area (Å²) in [6.07, 6.45) is 0. The number of aromatic nitrogens is 2. The van der Waals surface area contributed by atoms with Crippen molar-refractivity contribution in [3.8, 4) is 0 Å². The summed E-state index contributed by atoms with van der Waals surface area (Å²) in [6, 6.07) is 3.79. The van der Waals surface area contributed by atoms with E-state index in [2.05, 4.69) is 4.98 Å². The lowest BCUT2D eigenvalue weighted by Crippen LogP contribution is -2.07. The van der Waals surface area contributed by atoms with Crippen LogP contribution in [0.4, 0.5) is 0 Å². The Morgan fingerprint density at radius 2 is 2.18 bits per heavy atom. The number of carboxylic acids is 1. The molecule has 17 heavy (non-hydrogen) atoms. The maximum Gasteiger partial charge on any atom is 0.354 e. The van der Waals surface area contributed by atoms with Gasteiger partial charge in [0.25, 0.3) is 0 Å². The van der Waals surface area contributed by atoms with E-state index in [0.29, 0.717) is 11.3 Å². The molecule has 2 aromatic heterocycles. The molecule has 0 saturated carbocycles. The van der Waals surface area contributed by atoms with E-state index in [1.165, 1.54) is 7.11 Å². The molecule has 0 radical (unpaired) electrons. The Morgan fingerprint density at radius 1 is 1.47 bits per heavy atom. The Labute approximate surface area is 98.7 Å². The van der Waals surface area contributed by atoms with Crippen molar-refractivity contribution in [3.63, 3.8) is 0 Å². The van der Waals surface area contributed by atoms with Gasteiger partial charge in [-0.2, -0.15) is 0 Å². The summed E-state index contributed by atoms with van der Waals surface area (Å²) in [7, 11) is 1.52. The molecule has 0 fully saturated rings. The van der Waals surface area contributed by atoms with Crippen LogP contribution in [-0.4, -0.2) is 27.6 Å². The number of rotatable bonds is 3. The van der Waals surface area contributed by atoms with Crippen molar-refractivity contribution in [3.05, 3.63) is 34.8 Å². The number of aromatic carboxylic acids is 1. The second-order valence-corrected chi connectivity index (χ2v) is 4.01. The molecular formula is C12H14N2O3. The zero-order valence-corrected chi connectivity index (χ0v) is 10.0. The lowest BCUT2D eigenvalue weighted by molar-refractivity contribution is 0.0683. The molecule has 0 spiro atoms. The molecule has 5 nitrogen and oxygen atoms in total. The van der Waals surface area contributed by atoms with Gasteiger partial charge in [0, 0.05) is 12.8 Å².